The molecule has 0 saturated heterocycles. The zero-order valence-corrected chi connectivity index (χ0v) is 16.0. The predicted molar refractivity (Wildman–Crippen MR) is 102 cm³/mol. The molecule has 0 bridgehead atoms. The average molecular weight is 389 g/mol. The van der Waals surface area contributed by atoms with Gasteiger partial charge in [-0.15, -0.1) is 11.3 Å². The molecule has 0 spiro atoms. The molecule has 0 aromatic carbocycles. The van der Waals surface area contributed by atoms with Crippen LogP contribution in [-0.2, 0) is 0 Å². The van der Waals surface area contributed by atoms with E-state index in [1.54, 1.807) is 26.1 Å². The average Bonchev–Trinajstić information content (AvgIpc) is 3.06. The Hall–Kier alpha value is -2.65. The molecular weight excluding hydrogens is 369 g/mol. The summed E-state index contributed by atoms with van der Waals surface area (Å²) < 4.78 is 14.1. The number of halogens is 1. The Kier molecular flexibility index (Phi) is 5.33. The molecule has 0 aliphatic carbocycles. The largest absolute Gasteiger partial charge is 0.389 e. The molecule has 0 aliphatic rings. The van der Waals surface area contributed by atoms with Crippen molar-refractivity contribution < 1.29 is 14.3 Å². The second kappa shape index (κ2) is 7.53. The third-order valence-corrected chi connectivity index (χ3v) is 4.68. The normalized spacial score (nSPS) is 12.8. The molecule has 3 heterocycles. The van der Waals surface area contributed by atoms with Gasteiger partial charge in [-0.05, 0) is 43.8 Å². The topological polar surface area (TPSA) is 100 Å². The maximum atomic E-state index is 13.4. The predicted octanol–water partition coefficient (Wildman–Crippen LogP) is 2.90. The summed E-state index contributed by atoms with van der Waals surface area (Å²) in [5.41, 5.74) is 0.468. The first-order valence-corrected chi connectivity index (χ1v) is 9.24. The van der Waals surface area contributed by atoms with Gasteiger partial charge in [0, 0.05) is 12.7 Å². The number of rotatable bonds is 6. The highest BCUT2D eigenvalue weighted by Crippen LogP contribution is 2.25. The summed E-state index contributed by atoms with van der Waals surface area (Å²) in [7, 11) is 0. The number of anilines is 1. The maximum absolute atomic E-state index is 13.4. The van der Waals surface area contributed by atoms with E-state index < -0.39 is 17.3 Å². The first-order chi connectivity index (χ1) is 12.7. The van der Waals surface area contributed by atoms with Crippen LogP contribution in [0.25, 0.3) is 10.2 Å². The van der Waals surface area contributed by atoms with Crippen LogP contribution in [0.4, 0.5) is 10.3 Å². The van der Waals surface area contributed by atoms with Gasteiger partial charge in [0.15, 0.2) is 5.69 Å². The molecule has 3 aromatic heterocycles. The summed E-state index contributed by atoms with van der Waals surface area (Å²) >= 11 is 1.37. The van der Waals surface area contributed by atoms with Crippen LogP contribution in [0.15, 0.2) is 29.9 Å². The number of nitrogens with one attached hydrogen (secondary N) is 2. The minimum Gasteiger partial charge on any atom is -0.389 e. The van der Waals surface area contributed by atoms with Gasteiger partial charge >= 0.3 is 0 Å². The molecule has 142 valence electrons. The fourth-order valence-electron chi connectivity index (χ4n) is 2.40. The van der Waals surface area contributed by atoms with Crippen molar-refractivity contribution in [3.8, 4) is 0 Å². The Morgan fingerprint density at radius 3 is 2.85 bits per heavy atom. The molecule has 0 unspecified atom stereocenters. The van der Waals surface area contributed by atoms with Crippen LogP contribution in [0.3, 0.4) is 0 Å². The Balaban J connectivity index is 1.87. The number of thiophene rings is 1. The fraction of sp³-hybridized carbons (Fsp3) is 0.333. The first kappa shape index (κ1) is 19.1. The Morgan fingerprint density at radius 2 is 2.15 bits per heavy atom. The molecule has 9 heteroatoms. The highest BCUT2D eigenvalue weighted by molar-refractivity contribution is 7.17. The SMILES string of the molecule is C[C@H](Nc1nc(C(=O)NCC(C)(C)O)c2sccc2n1)c1cncc(F)c1. The van der Waals surface area contributed by atoms with Crippen molar-refractivity contribution in [2.24, 2.45) is 0 Å². The maximum Gasteiger partial charge on any atom is 0.271 e. The van der Waals surface area contributed by atoms with Crippen molar-refractivity contribution in [1.29, 1.82) is 0 Å². The minimum absolute atomic E-state index is 0.0941. The van der Waals surface area contributed by atoms with Gasteiger partial charge in [0.2, 0.25) is 5.95 Å². The summed E-state index contributed by atoms with van der Waals surface area (Å²) in [6.07, 6.45) is 2.69. The van der Waals surface area contributed by atoms with E-state index in [9.17, 15) is 14.3 Å². The third-order valence-electron chi connectivity index (χ3n) is 3.77. The monoisotopic (exact) mass is 389 g/mol. The number of aliphatic hydroxyl groups is 1. The van der Waals surface area contributed by atoms with Crippen LogP contribution in [0, 0.1) is 5.82 Å². The van der Waals surface area contributed by atoms with E-state index in [-0.39, 0.29) is 24.2 Å². The van der Waals surface area contributed by atoms with E-state index in [2.05, 4.69) is 25.6 Å². The van der Waals surface area contributed by atoms with Crippen LogP contribution < -0.4 is 10.6 Å². The van der Waals surface area contributed by atoms with Gasteiger partial charge in [0.25, 0.3) is 5.91 Å². The summed E-state index contributed by atoms with van der Waals surface area (Å²) in [6, 6.07) is 2.87. The number of fused-ring (bicyclic) bond motifs is 1. The minimum atomic E-state index is -1.03. The van der Waals surface area contributed by atoms with Crippen LogP contribution in [0.2, 0.25) is 0 Å². The number of carbonyl (C=O) groups excluding carboxylic acids is 1. The van der Waals surface area contributed by atoms with Crippen molar-refractivity contribution >= 4 is 33.4 Å². The van der Waals surface area contributed by atoms with Gasteiger partial charge in [-0.3, -0.25) is 9.78 Å². The van der Waals surface area contributed by atoms with E-state index >= 15 is 0 Å². The molecule has 0 fully saturated rings. The molecule has 0 radical (unpaired) electrons. The summed E-state index contributed by atoms with van der Waals surface area (Å²) in [4.78, 5) is 25.2. The molecule has 1 atom stereocenters. The zero-order chi connectivity index (χ0) is 19.6. The lowest BCUT2D eigenvalue weighted by molar-refractivity contribution is 0.0693. The van der Waals surface area contributed by atoms with Crippen LogP contribution in [0.5, 0.6) is 0 Å². The lowest BCUT2D eigenvalue weighted by atomic mass is 10.1. The quantitative estimate of drug-likeness (QED) is 0.599. The number of hydrogen-bond donors (Lipinski definition) is 3. The Morgan fingerprint density at radius 1 is 1.37 bits per heavy atom. The molecule has 3 N–H and O–H groups in total. The van der Waals surface area contributed by atoms with Crippen LogP contribution in [-0.4, -0.2) is 38.1 Å². The molecule has 7 nitrogen and oxygen atoms in total. The van der Waals surface area contributed by atoms with E-state index in [4.69, 9.17) is 0 Å². The van der Waals surface area contributed by atoms with E-state index in [0.717, 1.165) is 6.20 Å². The van der Waals surface area contributed by atoms with Crippen LogP contribution >= 0.6 is 11.3 Å². The molecule has 0 aliphatic heterocycles. The zero-order valence-electron chi connectivity index (χ0n) is 15.2. The highest BCUT2D eigenvalue weighted by Gasteiger charge is 2.20. The standard InChI is InChI=1S/C18H20FN5O2S/c1-10(11-6-12(19)8-20-7-11)22-17-23-13-4-5-27-15(13)14(24-17)16(25)21-9-18(2,3)26/h4-8,10,26H,9H2,1-3H3,(H,21,25)(H,22,23,24)/t10-/m0/s1. The number of aromatic nitrogens is 3. The highest BCUT2D eigenvalue weighted by atomic mass is 32.1. The van der Waals surface area contributed by atoms with Gasteiger partial charge in [-0.25, -0.2) is 14.4 Å². The second-order valence-electron chi connectivity index (χ2n) is 6.83. The van der Waals surface area contributed by atoms with Crippen molar-refractivity contribution in [2.45, 2.75) is 32.4 Å². The summed E-state index contributed by atoms with van der Waals surface area (Å²) in [5, 5.41) is 17.4. The number of amides is 1. The van der Waals surface area contributed by atoms with Crippen LogP contribution in [0.1, 0.15) is 42.9 Å². The van der Waals surface area contributed by atoms with Gasteiger partial charge < -0.3 is 15.7 Å². The molecular formula is C18H20FN5O2S. The van der Waals surface area contributed by atoms with Crippen molar-refractivity contribution in [2.75, 3.05) is 11.9 Å². The van der Waals surface area contributed by atoms with Gasteiger partial charge in [0.1, 0.15) is 5.82 Å². The van der Waals surface area contributed by atoms with Crippen molar-refractivity contribution in [3.05, 3.63) is 47.0 Å². The number of hydrogen-bond acceptors (Lipinski definition) is 7. The van der Waals surface area contributed by atoms with Gasteiger partial charge in [-0.1, -0.05) is 0 Å². The third kappa shape index (κ3) is 4.75. The lowest BCUT2D eigenvalue weighted by Crippen LogP contribution is -2.38. The van der Waals surface area contributed by atoms with E-state index in [0.29, 0.717) is 15.8 Å². The van der Waals surface area contributed by atoms with Crippen molar-refractivity contribution in [1.82, 2.24) is 20.3 Å². The van der Waals surface area contributed by atoms with E-state index in [1.807, 2.05) is 12.3 Å². The van der Waals surface area contributed by atoms with E-state index in [1.165, 1.54) is 17.4 Å². The summed E-state index contributed by atoms with van der Waals surface area (Å²) in [6.45, 7) is 5.13. The Labute approximate surface area is 159 Å². The second-order valence-corrected chi connectivity index (χ2v) is 7.74. The van der Waals surface area contributed by atoms with Crippen molar-refractivity contribution in [3.63, 3.8) is 0 Å². The Bertz CT molecular complexity index is 970. The number of carbonyl (C=O) groups is 1. The smallest absolute Gasteiger partial charge is 0.271 e. The molecule has 1 amide bonds. The van der Waals surface area contributed by atoms with Gasteiger partial charge in [-0.2, -0.15) is 0 Å². The number of pyridine rings is 1. The number of nitrogens with zero attached hydrogens (tertiary/aromatic N) is 3. The first-order valence-electron chi connectivity index (χ1n) is 8.36. The summed E-state index contributed by atoms with van der Waals surface area (Å²) in [5.74, 6) is -0.566. The molecule has 27 heavy (non-hydrogen) atoms. The molecule has 0 saturated carbocycles. The molecule has 3 aromatic rings. The lowest BCUT2D eigenvalue weighted by Gasteiger charge is -2.18. The fourth-order valence-corrected chi connectivity index (χ4v) is 3.22. The van der Waals surface area contributed by atoms with Gasteiger partial charge in [0.05, 0.1) is 28.1 Å². The molecule has 3 rings (SSSR count).